The molecule has 0 radical (unpaired) electrons. The fourth-order valence-corrected chi connectivity index (χ4v) is 3.94. The Bertz CT molecular complexity index is 992. The van der Waals surface area contributed by atoms with Gasteiger partial charge in [-0.2, -0.15) is 0 Å². The van der Waals surface area contributed by atoms with E-state index in [1.54, 1.807) is 18.2 Å². The molecule has 1 aromatic carbocycles. The second kappa shape index (κ2) is 8.76. The molecule has 2 aromatic rings. The quantitative estimate of drug-likeness (QED) is 0.733. The van der Waals surface area contributed by atoms with E-state index in [1.807, 2.05) is 25.1 Å². The van der Waals surface area contributed by atoms with Gasteiger partial charge in [0.2, 0.25) is 5.91 Å². The van der Waals surface area contributed by atoms with E-state index in [1.165, 1.54) is 6.08 Å². The zero-order valence-electron chi connectivity index (χ0n) is 16.4. The molecule has 0 bridgehead atoms. The number of imide groups is 1. The molecule has 156 valence electrons. The first-order chi connectivity index (χ1) is 14.5. The number of benzene rings is 1. The number of furan rings is 1. The molecule has 9 heteroatoms. The standard InChI is InChI=1S/C21H21N3O5S/c1-14-2-4-15(5-3-14)22-18(25)13-24-20(26)17(30-21(24)27)12-16-6-7-19(29-16)23-8-10-28-11-9-23/h2-7,12H,8-11,13H2,1H3,(H,22,25)/b17-12+. The van der Waals surface area contributed by atoms with Gasteiger partial charge in [-0.15, -0.1) is 0 Å². The van der Waals surface area contributed by atoms with Crippen LogP contribution in [0.2, 0.25) is 0 Å². The van der Waals surface area contributed by atoms with E-state index in [0.29, 0.717) is 30.5 Å². The van der Waals surface area contributed by atoms with Gasteiger partial charge in [-0.05, 0) is 36.9 Å². The molecule has 0 spiro atoms. The number of carbonyl (C=O) groups is 3. The zero-order valence-corrected chi connectivity index (χ0v) is 17.2. The van der Waals surface area contributed by atoms with Crippen molar-refractivity contribution in [1.29, 1.82) is 0 Å². The average molecular weight is 427 g/mol. The maximum absolute atomic E-state index is 12.6. The monoisotopic (exact) mass is 427 g/mol. The summed E-state index contributed by atoms with van der Waals surface area (Å²) in [7, 11) is 0. The van der Waals surface area contributed by atoms with E-state index in [-0.39, 0.29) is 11.4 Å². The highest BCUT2D eigenvalue weighted by Crippen LogP contribution is 2.33. The maximum Gasteiger partial charge on any atom is 0.294 e. The van der Waals surface area contributed by atoms with E-state index in [2.05, 4.69) is 10.2 Å². The fraction of sp³-hybridized carbons (Fsp3) is 0.286. The van der Waals surface area contributed by atoms with Gasteiger partial charge in [0.15, 0.2) is 5.88 Å². The molecule has 3 amide bonds. The van der Waals surface area contributed by atoms with Crippen LogP contribution in [0.5, 0.6) is 0 Å². The van der Waals surface area contributed by atoms with E-state index in [4.69, 9.17) is 9.15 Å². The van der Waals surface area contributed by atoms with Crippen LogP contribution in [0.15, 0.2) is 45.7 Å². The third kappa shape index (κ3) is 4.58. The minimum atomic E-state index is -0.506. The number of hydrogen-bond donors (Lipinski definition) is 1. The summed E-state index contributed by atoms with van der Waals surface area (Å²) in [5.41, 5.74) is 1.68. The smallest absolute Gasteiger partial charge is 0.294 e. The van der Waals surface area contributed by atoms with Crippen LogP contribution in [0.3, 0.4) is 0 Å². The van der Waals surface area contributed by atoms with Crippen LogP contribution < -0.4 is 10.2 Å². The van der Waals surface area contributed by atoms with Crippen molar-refractivity contribution >= 4 is 46.5 Å². The molecule has 4 rings (SSSR count). The fourth-order valence-electron chi connectivity index (χ4n) is 3.12. The number of hydrogen-bond acceptors (Lipinski definition) is 7. The van der Waals surface area contributed by atoms with Gasteiger partial charge in [-0.3, -0.25) is 19.3 Å². The summed E-state index contributed by atoms with van der Waals surface area (Å²) in [4.78, 5) is 40.4. The molecular formula is C21H21N3O5S. The molecule has 0 atom stereocenters. The number of amides is 3. The van der Waals surface area contributed by atoms with Crippen LogP contribution in [0.25, 0.3) is 6.08 Å². The number of nitrogens with zero attached hydrogens (tertiary/aromatic N) is 2. The number of nitrogens with one attached hydrogen (secondary N) is 1. The van der Waals surface area contributed by atoms with Crippen molar-refractivity contribution in [2.45, 2.75) is 6.92 Å². The molecule has 1 aromatic heterocycles. The number of rotatable bonds is 5. The summed E-state index contributed by atoms with van der Waals surface area (Å²) in [5, 5.41) is 2.21. The first-order valence-corrected chi connectivity index (χ1v) is 10.4. The molecule has 2 aliphatic rings. The summed E-state index contributed by atoms with van der Waals surface area (Å²) < 4.78 is 11.1. The highest BCUT2D eigenvalue weighted by atomic mass is 32.2. The van der Waals surface area contributed by atoms with Gasteiger partial charge in [-0.25, -0.2) is 0 Å². The summed E-state index contributed by atoms with van der Waals surface area (Å²) in [6.45, 7) is 4.35. The van der Waals surface area contributed by atoms with Gasteiger partial charge in [0.25, 0.3) is 11.1 Å². The predicted octanol–water partition coefficient (Wildman–Crippen LogP) is 3.10. The molecule has 30 heavy (non-hydrogen) atoms. The lowest BCUT2D eigenvalue weighted by Gasteiger charge is -2.26. The van der Waals surface area contributed by atoms with Crippen LogP contribution in [-0.4, -0.2) is 54.8 Å². The van der Waals surface area contributed by atoms with E-state index in [0.717, 1.165) is 35.3 Å². The minimum absolute atomic E-state index is 0.228. The Morgan fingerprint density at radius 2 is 1.87 bits per heavy atom. The molecule has 2 aliphatic heterocycles. The van der Waals surface area contributed by atoms with Crippen LogP contribution >= 0.6 is 11.8 Å². The Labute approximate surface area is 177 Å². The predicted molar refractivity (Wildman–Crippen MR) is 114 cm³/mol. The Balaban J connectivity index is 1.40. The minimum Gasteiger partial charge on any atom is -0.441 e. The van der Waals surface area contributed by atoms with Crippen LogP contribution in [0, 0.1) is 6.92 Å². The van der Waals surface area contributed by atoms with Crippen LogP contribution in [0.1, 0.15) is 11.3 Å². The number of morpholine rings is 1. The summed E-state index contributed by atoms with van der Waals surface area (Å²) in [5.74, 6) is 0.232. The van der Waals surface area contributed by atoms with Gasteiger partial charge < -0.3 is 19.4 Å². The Kier molecular flexibility index (Phi) is 5.91. The normalized spacial score (nSPS) is 18.4. The van der Waals surface area contributed by atoms with Crippen molar-refractivity contribution in [1.82, 2.24) is 4.90 Å². The number of thioether (sulfide) groups is 1. The van der Waals surface area contributed by atoms with Crippen LogP contribution in [0.4, 0.5) is 16.4 Å². The number of anilines is 2. The summed E-state index contributed by atoms with van der Waals surface area (Å²) in [6.07, 6.45) is 1.53. The molecule has 8 nitrogen and oxygen atoms in total. The lowest BCUT2D eigenvalue weighted by Crippen LogP contribution is -2.36. The largest absolute Gasteiger partial charge is 0.441 e. The van der Waals surface area contributed by atoms with Crippen molar-refractivity contribution in [2.75, 3.05) is 43.1 Å². The maximum atomic E-state index is 12.6. The van der Waals surface area contributed by atoms with Gasteiger partial charge in [0.05, 0.1) is 18.1 Å². The molecule has 0 saturated carbocycles. The van der Waals surface area contributed by atoms with Crippen molar-refractivity contribution in [2.24, 2.45) is 0 Å². The molecular weight excluding hydrogens is 406 g/mol. The first kappa shape index (κ1) is 20.2. The molecule has 2 fully saturated rings. The average Bonchev–Trinajstić information content (AvgIpc) is 3.31. The van der Waals surface area contributed by atoms with Crippen molar-refractivity contribution in [3.63, 3.8) is 0 Å². The summed E-state index contributed by atoms with van der Waals surface area (Å²) >= 11 is 0.797. The van der Waals surface area contributed by atoms with Gasteiger partial charge >= 0.3 is 0 Å². The number of ether oxygens (including phenoxy) is 1. The first-order valence-electron chi connectivity index (χ1n) is 9.54. The Hall–Kier alpha value is -3.04. The SMILES string of the molecule is Cc1ccc(NC(=O)CN2C(=O)S/C(=C/c3ccc(N4CCOCC4)o3)C2=O)cc1. The number of aryl methyl sites for hydroxylation is 1. The van der Waals surface area contributed by atoms with E-state index in [9.17, 15) is 14.4 Å². The molecule has 0 unspecified atom stereocenters. The van der Waals surface area contributed by atoms with Gasteiger partial charge in [0, 0.05) is 30.9 Å². The molecule has 1 N–H and O–H groups in total. The topological polar surface area (TPSA) is 92.1 Å². The van der Waals surface area contributed by atoms with E-state index < -0.39 is 17.1 Å². The molecule has 3 heterocycles. The lowest BCUT2D eigenvalue weighted by atomic mass is 10.2. The zero-order chi connectivity index (χ0) is 21.1. The van der Waals surface area contributed by atoms with E-state index >= 15 is 0 Å². The molecule has 2 saturated heterocycles. The van der Waals surface area contributed by atoms with Crippen molar-refractivity contribution in [3.8, 4) is 0 Å². The highest BCUT2D eigenvalue weighted by Gasteiger charge is 2.36. The van der Waals surface area contributed by atoms with Gasteiger partial charge in [0.1, 0.15) is 12.3 Å². The lowest BCUT2D eigenvalue weighted by molar-refractivity contribution is -0.127. The summed E-state index contributed by atoms with van der Waals surface area (Å²) in [6, 6.07) is 10.9. The Morgan fingerprint density at radius 3 is 2.60 bits per heavy atom. The molecule has 0 aliphatic carbocycles. The number of carbonyl (C=O) groups excluding carboxylic acids is 3. The third-order valence-electron chi connectivity index (χ3n) is 4.72. The highest BCUT2D eigenvalue weighted by molar-refractivity contribution is 8.18. The van der Waals surface area contributed by atoms with Crippen molar-refractivity contribution < 1.29 is 23.5 Å². The second-order valence-electron chi connectivity index (χ2n) is 6.96. The van der Waals surface area contributed by atoms with Crippen molar-refractivity contribution in [3.05, 3.63) is 52.6 Å². The third-order valence-corrected chi connectivity index (χ3v) is 5.63. The van der Waals surface area contributed by atoms with Crippen LogP contribution in [-0.2, 0) is 14.3 Å². The van der Waals surface area contributed by atoms with Gasteiger partial charge in [-0.1, -0.05) is 17.7 Å². The Morgan fingerprint density at radius 1 is 1.13 bits per heavy atom. The second-order valence-corrected chi connectivity index (χ2v) is 7.95.